The van der Waals surface area contributed by atoms with Crippen LogP contribution in [0.4, 0.5) is 0 Å². The minimum absolute atomic E-state index is 0.202. The maximum absolute atomic E-state index is 12.8. The van der Waals surface area contributed by atoms with Gasteiger partial charge in [-0.25, -0.2) is 4.79 Å². The van der Waals surface area contributed by atoms with Gasteiger partial charge < -0.3 is 14.6 Å². The minimum Gasteiger partial charge on any atom is -0.467 e. The number of aromatic nitrogens is 1. The number of aromatic amines is 1. The fourth-order valence-electron chi connectivity index (χ4n) is 3.97. The summed E-state index contributed by atoms with van der Waals surface area (Å²) < 4.78 is 5.02. The van der Waals surface area contributed by atoms with Gasteiger partial charge in [0.05, 0.1) is 13.2 Å². The number of H-pyrrole nitrogens is 1. The second kappa shape index (κ2) is 7.08. The molecular weight excluding hydrogens is 364 g/mol. The molecule has 27 heavy (non-hydrogen) atoms. The van der Waals surface area contributed by atoms with E-state index < -0.39 is 18.1 Å². The standard InChI is InChI=1S/C21H19ClN2O3/c1-27-21(26)17-11-15-14-9-5-6-10-16(14)23-19(15)20(24(17)18(25)12-22)13-7-3-2-4-8-13/h2-10,17,20,23H,11-12H2,1H3/t17-,20+/m1/s1. The molecule has 0 aliphatic carbocycles. The molecule has 0 saturated carbocycles. The number of nitrogens with one attached hydrogen (secondary N) is 1. The van der Waals surface area contributed by atoms with Crippen LogP contribution in [0.25, 0.3) is 10.9 Å². The molecule has 0 saturated heterocycles. The average molecular weight is 383 g/mol. The fraction of sp³-hybridized carbons (Fsp3) is 0.238. The molecule has 1 N–H and O–H groups in total. The topological polar surface area (TPSA) is 62.4 Å². The highest BCUT2D eigenvalue weighted by atomic mass is 35.5. The molecule has 0 fully saturated rings. The Morgan fingerprint density at radius 1 is 1.15 bits per heavy atom. The number of halogens is 1. The lowest BCUT2D eigenvalue weighted by atomic mass is 9.88. The van der Waals surface area contributed by atoms with Gasteiger partial charge in [0.25, 0.3) is 0 Å². The maximum atomic E-state index is 12.8. The number of methoxy groups -OCH3 is 1. The smallest absolute Gasteiger partial charge is 0.328 e. The number of fused-ring (bicyclic) bond motifs is 3. The molecule has 1 amide bonds. The van der Waals surface area contributed by atoms with Crippen molar-refractivity contribution in [1.82, 2.24) is 9.88 Å². The van der Waals surface area contributed by atoms with Gasteiger partial charge in [0, 0.05) is 23.0 Å². The van der Waals surface area contributed by atoms with Crippen molar-refractivity contribution in [2.45, 2.75) is 18.5 Å². The molecular formula is C21H19ClN2O3. The van der Waals surface area contributed by atoms with Crippen molar-refractivity contribution in [1.29, 1.82) is 0 Å². The Labute approximate surface area is 161 Å². The highest BCUT2D eigenvalue weighted by molar-refractivity contribution is 6.27. The molecule has 2 aromatic carbocycles. The zero-order valence-electron chi connectivity index (χ0n) is 14.8. The summed E-state index contributed by atoms with van der Waals surface area (Å²) in [5, 5.41) is 1.06. The van der Waals surface area contributed by atoms with Crippen LogP contribution < -0.4 is 0 Å². The first-order valence-electron chi connectivity index (χ1n) is 8.75. The Kier molecular flexibility index (Phi) is 4.62. The number of benzene rings is 2. The maximum Gasteiger partial charge on any atom is 0.328 e. The van der Waals surface area contributed by atoms with E-state index in [4.69, 9.17) is 16.3 Å². The van der Waals surface area contributed by atoms with Gasteiger partial charge >= 0.3 is 5.97 Å². The van der Waals surface area contributed by atoms with Gasteiger partial charge in [-0.1, -0.05) is 48.5 Å². The summed E-state index contributed by atoms with van der Waals surface area (Å²) >= 11 is 5.90. The molecule has 4 rings (SSSR count). The summed E-state index contributed by atoms with van der Waals surface area (Å²) in [6.07, 6.45) is 0.387. The van der Waals surface area contributed by atoms with E-state index in [0.717, 1.165) is 27.7 Å². The Hall–Kier alpha value is -2.79. The molecule has 0 unspecified atom stereocenters. The normalized spacial score (nSPS) is 19.0. The average Bonchev–Trinajstić information content (AvgIpc) is 3.10. The molecule has 6 heteroatoms. The van der Waals surface area contributed by atoms with Crippen LogP contribution in [0.5, 0.6) is 0 Å². The molecule has 1 aliphatic rings. The molecule has 2 atom stereocenters. The Bertz CT molecular complexity index is 999. The zero-order chi connectivity index (χ0) is 19.0. The van der Waals surface area contributed by atoms with E-state index in [1.54, 1.807) is 4.90 Å². The zero-order valence-corrected chi connectivity index (χ0v) is 15.6. The number of hydrogen-bond acceptors (Lipinski definition) is 3. The Balaban J connectivity index is 1.98. The highest BCUT2D eigenvalue weighted by Crippen LogP contribution is 2.41. The Morgan fingerprint density at radius 2 is 1.85 bits per heavy atom. The van der Waals surface area contributed by atoms with E-state index in [9.17, 15) is 9.59 Å². The van der Waals surface area contributed by atoms with E-state index in [-0.39, 0.29) is 11.8 Å². The van der Waals surface area contributed by atoms with Gasteiger partial charge in [0.1, 0.15) is 11.9 Å². The lowest BCUT2D eigenvalue weighted by molar-refractivity contribution is -0.154. The van der Waals surface area contributed by atoms with Crippen molar-refractivity contribution in [3.63, 3.8) is 0 Å². The number of amides is 1. The quantitative estimate of drug-likeness (QED) is 0.557. The predicted molar refractivity (Wildman–Crippen MR) is 104 cm³/mol. The lowest BCUT2D eigenvalue weighted by Crippen LogP contribution is -2.52. The van der Waals surface area contributed by atoms with E-state index >= 15 is 0 Å². The van der Waals surface area contributed by atoms with Crippen LogP contribution in [0, 0.1) is 0 Å². The van der Waals surface area contributed by atoms with E-state index in [0.29, 0.717) is 6.42 Å². The molecule has 5 nitrogen and oxygen atoms in total. The second-order valence-electron chi connectivity index (χ2n) is 6.55. The largest absolute Gasteiger partial charge is 0.467 e. The number of rotatable bonds is 3. The number of ether oxygens (including phenoxy) is 1. The van der Waals surface area contributed by atoms with Crippen LogP contribution >= 0.6 is 11.6 Å². The first-order valence-corrected chi connectivity index (χ1v) is 9.28. The third-order valence-corrected chi connectivity index (χ3v) is 5.35. The van der Waals surface area contributed by atoms with Crippen molar-refractivity contribution in [3.8, 4) is 0 Å². The van der Waals surface area contributed by atoms with Gasteiger partial charge in [-0.2, -0.15) is 0 Å². The summed E-state index contributed by atoms with van der Waals surface area (Å²) in [5.74, 6) is -0.942. The summed E-state index contributed by atoms with van der Waals surface area (Å²) in [5.41, 5.74) is 3.85. The molecule has 138 valence electrons. The number of carbonyl (C=O) groups excluding carboxylic acids is 2. The number of para-hydroxylation sites is 1. The molecule has 0 bridgehead atoms. The predicted octanol–water partition coefficient (Wildman–Crippen LogP) is 3.42. The van der Waals surface area contributed by atoms with Crippen molar-refractivity contribution in [3.05, 3.63) is 71.4 Å². The summed E-state index contributed by atoms with van der Waals surface area (Å²) in [6, 6.07) is 16.5. The van der Waals surface area contributed by atoms with Gasteiger partial charge in [-0.05, 0) is 17.2 Å². The van der Waals surface area contributed by atoms with Crippen LogP contribution in [0.1, 0.15) is 22.9 Å². The molecule has 3 aromatic rings. The first kappa shape index (κ1) is 17.6. The van der Waals surface area contributed by atoms with Crippen molar-refractivity contribution in [2.75, 3.05) is 13.0 Å². The van der Waals surface area contributed by atoms with Crippen LogP contribution in [0.3, 0.4) is 0 Å². The molecule has 2 heterocycles. The number of hydrogen-bond donors (Lipinski definition) is 1. The number of alkyl halides is 1. The van der Waals surface area contributed by atoms with Crippen molar-refractivity contribution >= 4 is 34.4 Å². The van der Waals surface area contributed by atoms with Crippen molar-refractivity contribution in [2.24, 2.45) is 0 Å². The minimum atomic E-state index is -0.724. The number of nitrogens with zero attached hydrogens (tertiary/aromatic N) is 1. The second-order valence-corrected chi connectivity index (χ2v) is 6.82. The first-order chi connectivity index (χ1) is 13.2. The van der Waals surface area contributed by atoms with Gasteiger partial charge in [0.15, 0.2) is 0 Å². The lowest BCUT2D eigenvalue weighted by Gasteiger charge is -2.40. The number of carbonyl (C=O) groups is 2. The SMILES string of the molecule is COC(=O)[C@H]1Cc2c([nH]c3ccccc23)[C@H](c2ccccc2)N1C(=O)CCl. The van der Waals surface area contributed by atoms with E-state index in [1.807, 2.05) is 54.6 Å². The fourth-order valence-corrected chi connectivity index (χ4v) is 4.11. The monoisotopic (exact) mass is 382 g/mol. The summed E-state index contributed by atoms with van der Waals surface area (Å²) in [4.78, 5) is 30.4. The van der Waals surface area contributed by atoms with Crippen LogP contribution in [-0.4, -0.2) is 40.8 Å². The van der Waals surface area contributed by atoms with Crippen molar-refractivity contribution < 1.29 is 14.3 Å². The number of esters is 1. The van der Waals surface area contributed by atoms with Gasteiger partial charge in [-0.15, -0.1) is 11.6 Å². The van der Waals surface area contributed by atoms with E-state index in [2.05, 4.69) is 4.98 Å². The van der Waals surface area contributed by atoms with Crippen LogP contribution in [0.15, 0.2) is 54.6 Å². The summed E-state index contributed by atoms with van der Waals surface area (Å²) in [7, 11) is 1.34. The third kappa shape index (κ3) is 2.88. The summed E-state index contributed by atoms with van der Waals surface area (Å²) in [6.45, 7) is 0. The molecule has 0 radical (unpaired) electrons. The Morgan fingerprint density at radius 3 is 2.56 bits per heavy atom. The van der Waals surface area contributed by atoms with Crippen LogP contribution in [0.2, 0.25) is 0 Å². The third-order valence-electron chi connectivity index (χ3n) is 5.12. The molecule has 0 spiro atoms. The molecule has 1 aliphatic heterocycles. The highest BCUT2D eigenvalue weighted by Gasteiger charge is 2.43. The van der Waals surface area contributed by atoms with Crippen LogP contribution in [-0.2, 0) is 20.7 Å². The van der Waals surface area contributed by atoms with E-state index in [1.165, 1.54) is 7.11 Å². The van der Waals surface area contributed by atoms with Gasteiger partial charge in [-0.3, -0.25) is 4.79 Å². The molecule has 1 aromatic heterocycles. The van der Waals surface area contributed by atoms with Gasteiger partial charge in [0.2, 0.25) is 5.91 Å².